The predicted molar refractivity (Wildman–Crippen MR) is 195 cm³/mol. The summed E-state index contributed by atoms with van der Waals surface area (Å²) in [5.74, 6) is 0.791. The van der Waals surface area contributed by atoms with Crippen LogP contribution in [0.2, 0.25) is 0 Å². The molecule has 2 nitrogen and oxygen atoms in total. The maximum atomic E-state index is 5.43. The molecule has 46 heavy (non-hydrogen) atoms. The molecule has 8 aromatic rings. The maximum Gasteiger partial charge on any atom is 0.156 e. The van der Waals surface area contributed by atoms with E-state index in [1.54, 1.807) is 0 Å². The molecule has 216 valence electrons. The third kappa shape index (κ3) is 4.50. The number of aliphatic imine (C=N–C) groups is 2. The molecule has 0 fully saturated rings. The molecule has 9 rings (SSSR count). The molecule has 0 spiro atoms. The highest BCUT2D eigenvalue weighted by Crippen LogP contribution is 2.37. The first-order chi connectivity index (χ1) is 22.8. The van der Waals surface area contributed by atoms with Crippen LogP contribution in [-0.4, -0.2) is 11.5 Å². The van der Waals surface area contributed by atoms with E-state index >= 15 is 0 Å². The Morgan fingerprint density at radius 2 is 1.09 bits per heavy atom. The van der Waals surface area contributed by atoms with E-state index in [4.69, 9.17) is 9.98 Å². The molecular formula is C44H30N2. The van der Waals surface area contributed by atoms with Crippen molar-refractivity contribution in [3.05, 3.63) is 180 Å². The number of hydrogen-bond acceptors (Lipinski definition) is 2. The fourth-order valence-corrected chi connectivity index (χ4v) is 7.15. The zero-order valence-corrected chi connectivity index (χ0v) is 25.3. The quantitative estimate of drug-likeness (QED) is 0.183. The molecule has 0 saturated carbocycles. The van der Waals surface area contributed by atoms with Crippen LogP contribution in [0, 0.1) is 0 Å². The second-order valence-corrected chi connectivity index (χ2v) is 12.1. The molecule has 0 N–H and O–H groups in total. The lowest BCUT2D eigenvalue weighted by atomic mass is 9.91. The molecule has 0 aromatic heterocycles. The van der Waals surface area contributed by atoms with E-state index < -0.39 is 0 Å². The van der Waals surface area contributed by atoms with Crippen molar-refractivity contribution in [3.8, 4) is 11.1 Å². The van der Waals surface area contributed by atoms with E-state index in [0.717, 1.165) is 29.1 Å². The minimum Gasteiger partial charge on any atom is -0.258 e. The number of nitrogens with zero attached hydrogens (tertiary/aromatic N) is 2. The van der Waals surface area contributed by atoms with E-state index in [2.05, 4.69) is 164 Å². The highest BCUT2D eigenvalue weighted by molar-refractivity contribution is 6.25. The van der Waals surface area contributed by atoms with Gasteiger partial charge in [-0.3, -0.25) is 4.99 Å². The molecule has 1 aliphatic rings. The smallest absolute Gasteiger partial charge is 0.156 e. The molecule has 1 heterocycles. The van der Waals surface area contributed by atoms with Gasteiger partial charge in [-0.15, -0.1) is 0 Å². The second-order valence-electron chi connectivity index (χ2n) is 12.1. The van der Waals surface area contributed by atoms with Gasteiger partial charge in [0.05, 0.1) is 11.8 Å². The number of fused-ring (bicyclic) bond motifs is 6. The van der Waals surface area contributed by atoms with Crippen LogP contribution in [0.15, 0.2) is 174 Å². The van der Waals surface area contributed by atoms with Gasteiger partial charge < -0.3 is 0 Å². The molecule has 2 heteroatoms. The van der Waals surface area contributed by atoms with Crippen molar-refractivity contribution in [1.29, 1.82) is 0 Å². The highest BCUT2D eigenvalue weighted by atomic mass is 15.0. The first-order valence-corrected chi connectivity index (χ1v) is 15.9. The summed E-state index contributed by atoms with van der Waals surface area (Å²) in [5.41, 5.74) is 6.96. The Balaban J connectivity index is 1.24. The topological polar surface area (TPSA) is 24.7 Å². The molecule has 0 bridgehead atoms. The zero-order valence-electron chi connectivity index (χ0n) is 25.3. The Hall–Kier alpha value is -5.86. The van der Waals surface area contributed by atoms with Crippen LogP contribution in [0.5, 0.6) is 0 Å². The summed E-state index contributed by atoms with van der Waals surface area (Å²) in [6.45, 7) is 0. The van der Waals surface area contributed by atoms with Crippen molar-refractivity contribution in [1.82, 2.24) is 0 Å². The SMILES string of the molecule is c1ccc(C2=NC(c3cccc4ccc5c6ccccc6ccc5c34)=N[C@@H](c3ccc4c(-c5ccccc5)cccc4c3)C2)cc1. The summed E-state index contributed by atoms with van der Waals surface area (Å²) < 4.78 is 0. The fourth-order valence-electron chi connectivity index (χ4n) is 7.15. The number of benzene rings is 8. The monoisotopic (exact) mass is 586 g/mol. The average Bonchev–Trinajstić information content (AvgIpc) is 3.14. The van der Waals surface area contributed by atoms with Gasteiger partial charge in [0.15, 0.2) is 5.84 Å². The lowest BCUT2D eigenvalue weighted by molar-refractivity contribution is 0.755. The molecule has 0 radical (unpaired) electrons. The predicted octanol–water partition coefficient (Wildman–Crippen LogP) is 11.3. The number of amidine groups is 1. The zero-order chi connectivity index (χ0) is 30.5. The Morgan fingerprint density at radius 3 is 1.93 bits per heavy atom. The summed E-state index contributed by atoms with van der Waals surface area (Å²) in [6.07, 6.45) is 0.744. The Morgan fingerprint density at radius 1 is 0.435 bits per heavy atom. The van der Waals surface area contributed by atoms with E-state index in [0.29, 0.717) is 0 Å². The molecule has 8 aromatic carbocycles. The summed E-state index contributed by atoms with van der Waals surface area (Å²) in [4.78, 5) is 10.7. The largest absolute Gasteiger partial charge is 0.258 e. The van der Waals surface area contributed by atoms with Crippen molar-refractivity contribution in [2.75, 3.05) is 0 Å². The molecule has 0 aliphatic carbocycles. The summed E-state index contributed by atoms with van der Waals surface area (Å²) in [7, 11) is 0. The van der Waals surface area contributed by atoms with Crippen LogP contribution >= 0.6 is 0 Å². The minimum absolute atomic E-state index is 0.0569. The molecule has 1 aliphatic heterocycles. The summed E-state index contributed by atoms with van der Waals surface area (Å²) >= 11 is 0. The van der Waals surface area contributed by atoms with Crippen LogP contribution in [0.25, 0.3) is 54.2 Å². The minimum atomic E-state index is -0.0569. The maximum absolute atomic E-state index is 5.43. The molecular weight excluding hydrogens is 556 g/mol. The normalized spacial score (nSPS) is 14.9. The van der Waals surface area contributed by atoms with Gasteiger partial charge in [0, 0.05) is 17.4 Å². The van der Waals surface area contributed by atoms with Crippen molar-refractivity contribution < 1.29 is 0 Å². The molecule has 0 unspecified atom stereocenters. The first kappa shape index (κ1) is 26.5. The highest BCUT2D eigenvalue weighted by Gasteiger charge is 2.24. The average molecular weight is 587 g/mol. The van der Waals surface area contributed by atoms with Crippen molar-refractivity contribution in [3.63, 3.8) is 0 Å². The van der Waals surface area contributed by atoms with Gasteiger partial charge in [-0.25, -0.2) is 4.99 Å². The van der Waals surface area contributed by atoms with Crippen molar-refractivity contribution >= 4 is 54.6 Å². The van der Waals surface area contributed by atoms with Crippen molar-refractivity contribution in [2.45, 2.75) is 12.5 Å². The Labute approximate surface area is 268 Å². The number of hydrogen-bond donors (Lipinski definition) is 0. The molecule has 0 saturated heterocycles. The van der Waals surface area contributed by atoms with E-state index in [-0.39, 0.29) is 6.04 Å². The van der Waals surface area contributed by atoms with E-state index in [1.165, 1.54) is 59.8 Å². The van der Waals surface area contributed by atoms with Gasteiger partial charge in [-0.1, -0.05) is 158 Å². The van der Waals surface area contributed by atoms with Crippen LogP contribution in [0.3, 0.4) is 0 Å². The van der Waals surface area contributed by atoms with Gasteiger partial charge in [0.1, 0.15) is 0 Å². The molecule has 1 atom stereocenters. The van der Waals surface area contributed by atoms with Gasteiger partial charge >= 0.3 is 0 Å². The second kappa shape index (κ2) is 10.9. The third-order valence-electron chi connectivity index (χ3n) is 9.39. The van der Waals surface area contributed by atoms with Crippen molar-refractivity contribution in [2.24, 2.45) is 9.98 Å². The van der Waals surface area contributed by atoms with E-state index in [9.17, 15) is 0 Å². The lowest BCUT2D eigenvalue weighted by Crippen LogP contribution is -2.17. The number of rotatable bonds is 4. The third-order valence-corrected chi connectivity index (χ3v) is 9.39. The Kier molecular flexibility index (Phi) is 6.31. The first-order valence-electron chi connectivity index (χ1n) is 15.9. The van der Waals surface area contributed by atoms with Gasteiger partial charge in [0.2, 0.25) is 0 Å². The van der Waals surface area contributed by atoms with Crippen LogP contribution in [0.4, 0.5) is 0 Å². The summed E-state index contributed by atoms with van der Waals surface area (Å²) in [5, 5.41) is 9.87. The Bertz CT molecular complexity index is 2490. The summed E-state index contributed by atoms with van der Waals surface area (Å²) in [6, 6.07) is 58.7. The molecule has 0 amide bonds. The van der Waals surface area contributed by atoms with Crippen LogP contribution in [0.1, 0.15) is 29.2 Å². The van der Waals surface area contributed by atoms with Gasteiger partial charge in [0.25, 0.3) is 0 Å². The lowest BCUT2D eigenvalue weighted by Gasteiger charge is -2.23. The van der Waals surface area contributed by atoms with Gasteiger partial charge in [-0.2, -0.15) is 0 Å². The van der Waals surface area contributed by atoms with Crippen LogP contribution < -0.4 is 0 Å². The van der Waals surface area contributed by atoms with Gasteiger partial charge in [-0.05, 0) is 66.0 Å². The van der Waals surface area contributed by atoms with E-state index in [1.807, 2.05) is 0 Å². The fraction of sp³-hybridized carbons (Fsp3) is 0.0455. The van der Waals surface area contributed by atoms with Crippen LogP contribution in [-0.2, 0) is 0 Å². The standard InChI is InChI=1S/C44H30N2/c1-3-11-29(12-4-1)35-19-10-17-33-27-34(23-24-37(33)35)42-28-41(31-14-5-2-6-15-31)45-44(46-42)40-20-9-16-32-22-25-38-36-18-8-7-13-30(36)21-26-39(38)43(32)40/h1-27,42H,28H2/t42-/m1/s1.